The summed E-state index contributed by atoms with van der Waals surface area (Å²) in [7, 11) is 1.48. The molecular formula is C12H18O2. The molecule has 0 N–H and O–H groups in total. The van der Waals surface area contributed by atoms with E-state index in [9.17, 15) is 4.79 Å². The summed E-state index contributed by atoms with van der Waals surface area (Å²) in [6.07, 6.45) is 7.82. The van der Waals surface area contributed by atoms with Crippen molar-refractivity contribution in [1.29, 1.82) is 0 Å². The fourth-order valence-electron chi connectivity index (χ4n) is 2.36. The number of allylic oxidation sites excluding steroid dienone is 2. The number of methoxy groups -OCH3 is 1. The quantitative estimate of drug-likeness (QED) is 0.473. The van der Waals surface area contributed by atoms with Gasteiger partial charge in [0.1, 0.15) is 0 Å². The van der Waals surface area contributed by atoms with Crippen molar-refractivity contribution in [2.75, 3.05) is 7.11 Å². The normalized spacial score (nSPS) is 38.4. The van der Waals surface area contributed by atoms with Crippen LogP contribution in [-0.4, -0.2) is 13.1 Å². The van der Waals surface area contributed by atoms with Crippen molar-refractivity contribution in [2.45, 2.75) is 33.1 Å². The number of esters is 1. The molecule has 2 atom stereocenters. The van der Waals surface area contributed by atoms with Crippen LogP contribution in [0.2, 0.25) is 0 Å². The van der Waals surface area contributed by atoms with E-state index >= 15 is 0 Å². The van der Waals surface area contributed by atoms with Crippen LogP contribution in [0.5, 0.6) is 0 Å². The lowest BCUT2D eigenvalue weighted by Crippen LogP contribution is -2.19. The second-order valence-electron chi connectivity index (χ2n) is 5.33. The molecule has 0 heterocycles. The summed E-state index contributed by atoms with van der Waals surface area (Å²) >= 11 is 0. The number of hydrogen-bond donors (Lipinski definition) is 0. The highest BCUT2D eigenvalue weighted by Gasteiger charge is 2.58. The number of carbonyl (C=O) groups excluding carboxylic acids is 1. The summed E-state index contributed by atoms with van der Waals surface area (Å²) in [6, 6.07) is 0. The van der Waals surface area contributed by atoms with Crippen LogP contribution in [0, 0.1) is 16.7 Å². The minimum atomic E-state index is -0.0330. The largest absolute Gasteiger partial charge is 0.469 e. The van der Waals surface area contributed by atoms with Gasteiger partial charge in [-0.2, -0.15) is 0 Å². The molecule has 78 valence electrons. The highest BCUT2D eigenvalue weighted by atomic mass is 16.5. The fourth-order valence-corrected chi connectivity index (χ4v) is 2.36. The molecule has 0 aliphatic heterocycles. The third-order valence-electron chi connectivity index (χ3n) is 3.70. The predicted molar refractivity (Wildman–Crippen MR) is 54.7 cm³/mol. The summed E-state index contributed by atoms with van der Waals surface area (Å²) < 4.78 is 4.78. The van der Waals surface area contributed by atoms with E-state index in [0.29, 0.717) is 5.41 Å². The van der Waals surface area contributed by atoms with E-state index in [0.717, 1.165) is 12.8 Å². The van der Waals surface area contributed by atoms with Crippen LogP contribution in [0.15, 0.2) is 12.2 Å². The van der Waals surface area contributed by atoms with Crippen LogP contribution >= 0.6 is 0 Å². The summed E-state index contributed by atoms with van der Waals surface area (Å²) in [5, 5.41) is 0. The predicted octanol–water partition coefficient (Wildman–Crippen LogP) is 2.54. The lowest BCUT2D eigenvalue weighted by molar-refractivity contribution is -0.143. The van der Waals surface area contributed by atoms with E-state index in [1.807, 2.05) is 0 Å². The second kappa shape index (κ2) is 2.85. The third kappa shape index (κ3) is 1.47. The molecule has 0 bridgehead atoms. The lowest BCUT2D eigenvalue weighted by Gasteiger charge is -2.28. The van der Waals surface area contributed by atoms with E-state index in [4.69, 9.17) is 4.74 Å². The molecule has 2 heteroatoms. The van der Waals surface area contributed by atoms with Gasteiger partial charge in [0.25, 0.3) is 0 Å². The molecule has 0 radical (unpaired) electrons. The Hall–Kier alpha value is -0.790. The smallest absolute Gasteiger partial charge is 0.309 e. The first-order valence-corrected chi connectivity index (χ1v) is 5.27. The van der Waals surface area contributed by atoms with Crippen molar-refractivity contribution < 1.29 is 9.53 Å². The molecule has 2 nitrogen and oxygen atoms in total. The van der Waals surface area contributed by atoms with Crippen LogP contribution in [0.3, 0.4) is 0 Å². The average Bonchev–Trinajstić information content (AvgIpc) is 2.85. The Morgan fingerprint density at radius 1 is 1.36 bits per heavy atom. The van der Waals surface area contributed by atoms with Crippen LogP contribution in [0.1, 0.15) is 33.1 Å². The molecule has 2 rings (SSSR count). The first-order chi connectivity index (χ1) is 6.49. The maximum absolute atomic E-state index is 11.4. The summed E-state index contributed by atoms with van der Waals surface area (Å²) in [5.74, 6) is 0.106. The Bertz CT molecular complexity index is 291. The molecule has 0 amide bonds. The highest BCUT2D eigenvalue weighted by molar-refractivity contribution is 5.77. The standard InChI is InChI=1S/C12H18O2/c1-11(2)4-6-12(7-5-11)8-9(12)10(13)14-3/h4,6,9H,5,7-8H2,1-3H3/t9-,12-/m1/s1. The van der Waals surface area contributed by atoms with Gasteiger partial charge in [-0.25, -0.2) is 0 Å². The first kappa shape index (κ1) is 9.75. The molecule has 0 aromatic rings. The Labute approximate surface area is 85.3 Å². The van der Waals surface area contributed by atoms with Gasteiger partial charge in [-0.05, 0) is 24.7 Å². The SMILES string of the molecule is COC(=O)[C@H]1C[C@]12C=CC(C)(C)CC2. The minimum Gasteiger partial charge on any atom is -0.469 e. The molecule has 0 saturated heterocycles. The molecule has 0 aromatic carbocycles. The topological polar surface area (TPSA) is 26.3 Å². The summed E-state index contributed by atoms with van der Waals surface area (Å²) in [4.78, 5) is 11.4. The van der Waals surface area contributed by atoms with Gasteiger partial charge in [0.05, 0.1) is 13.0 Å². The zero-order chi connectivity index (χ0) is 10.4. The molecule has 0 unspecified atom stereocenters. The Balaban J connectivity index is 2.07. The highest BCUT2D eigenvalue weighted by Crippen LogP contribution is 2.61. The number of rotatable bonds is 1. The minimum absolute atomic E-state index is 0.0330. The Morgan fingerprint density at radius 2 is 2.07 bits per heavy atom. The van der Waals surface area contributed by atoms with Gasteiger partial charge < -0.3 is 4.74 Å². The Kier molecular flexibility index (Phi) is 1.98. The van der Waals surface area contributed by atoms with Crippen LogP contribution in [0.25, 0.3) is 0 Å². The van der Waals surface area contributed by atoms with Crippen molar-refractivity contribution in [1.82, 2.24) is 0 Å². The van der Waals surface area contributed by atoms with Crippen LogP contribution < -0.4 is 0 Å². The zero-order valence-electron chi connectivity index (χ0n) is 9.17. The van der Waals surface area contributed by atoms with E-state index in [2.05, 4.69) is 26.0 Å². The number of ether oxygens (including phenoxy) is 1. The molecule has 2 aliphatic rings. The van der Waals surface area contributed by atoms with Gasteiger partial charge in [0.2, 0.25) is 0 Å². The zero-order valence-corrected chi connectivity index (χ0v) is 9.17. The maximum Gasteiger partial charge on any atom is 0.309 e. The van der Waals surface area contributed by atoms with E-state index in [1.54, 1.807) is 0 Å². The van der Waals surface area contributed by atoms with Gasteiger partial charge in [-0.3, -0.25) is 4.79 Å². The van der Waals surface area contributed by atoms with Crippen molar-refractivity contribution in [3.05, 3.63) is 12.2 Å². The Morgan fingerprint density at radius 3 is 2.57 bits per heavy atom. The van der Waals surface area contributed by atoms with Crippen LogP contribution in [-0.2, 0) is 9.53 Å². The second-order valence-corrected chi connectivity index (χ2v) is 5.33. The van der Waals surface area contributed by atoms with Gasteiger partial charge in [-0.15, -0.1) is 0 Å². The number of carbonyl (C=O) groups is 1. The maximum atomic E-state index is 11.4. The molecular weight excluding hydrogens is 176 g/mol. The summed E-state index contributed by atoms with van der Waals surface area (Å²) in [6.45, 7) is 4.48. The monoisotopic (exact) mass is 194 g/mol. The van der Waals surface area contributed by atoms with E-state index in [1.165, 1.54) is 13.5 Å². The summed E-state index contributed by atoms with van der Waals surface area (Å²) in [5.41, 5.74) is 0.483. The molecule has 0 aromatic heterocycles. The van der Waals surface area contributed by atoms with Gasteiger partial charge >= 0.3 is 5.97 Å². The number of hydrogen-bond acceptors (Lipinski definition) is 2. The fraction of sp³-hybridized carbons (Fsp3) is 0.750. The van der Waals surface area contributed by atoms with Crippen molar-refractivity contribution >= 4 is 5.97 Å². The first-order valence-electron chi connectivity index (χ1n) is 5.27. The van der Waals surface area contributed by atoms with Gasteiger partial charge in [0.15, 0.2) is 0 Å². The molecule has 1 spiro atoms. The molecule has 1 fully saturated rings. The van der Waals surface area contributed by atoms with Crippen molar-refractivity contribution in [3.63, 3.8) is 0 Å². The third-order valence-corrected chi connectivity index (χ3v) is 3.70. The van der Waals surface area contributed by atoms with Crippen LogP contribution in [0.4, 0.5) is 0 Å². The van der Waals surface area contributed by atoms with Gasteiger partial charge in [0, 0.05) is 5.41 Å². The van der Waals surface area contributed by atoms with E-state index in [-0.39, 0.29) is 17.3 Å². The van der Waals surface area contributed by atoms with Crippen molar-refractivity contribution in [3.8, 4) is 0 Å². The molecule has 14 heavy (non-hydrogen) atoms. The average molecular weight is 194 g/mol. The van der Waals surface area contributed by atoms with Gasteiger partial charge in [-0.1, -0.05) is 26.0 Å². The lowest BCUT2D eigenvalue weighted by atomic mass is 9.76. The van der Waals surface area contributed by atoms with E-state index < -0.39 is 0 Å². The van der Waals surface area contributed by atoms with Crippen molar-refractivity contribution in [2.24, 2.45) is 16.7 Å². The molecule has 1 saturated carbocycles. The molecule has 2 aliphatic carbocycles.